The average Bonchev–Trinajstić information content (AvgIpc) is 2.87. The van der Waals surface area contributed by atoms with Crippen LogP contribution in [0.1, 0.15) is 21.0 Å². The molecule has 2 aromatic heterocycles. The minimum Gasteiger partial charge on any atom is -0.354 e. The Kier molecular flexibility index (Phi) is 3.33. The van der Waals surface area contributed by atoms with Crippen LogP contribution in [0.2, 0.25) is 0 Å². The summed E-state index contributed by atoms with van der Waals surface area (Å²) >= 11 is 0. The number of anilines is 1. The van der Waals surface area contributed by atoms with Crippen LogP contribution in [0.15, 0.2) is 30.6 Å². The second-order valence-electron chi connectivity index (χ2n) is 3.41. The Bertz CT molecular complexity index is 564. The molecule has 0 bridgehead atoms. The van der Waals surface area contributed by atoms with Crippen LogP contribution in [0.5, 0.6) is 0 Å². The van der Waals surface area contributed by atoms with E-state index in [0.717, 1.165) is 0 Å². The average molecular weight is 245 g/mol. The maximum atomic E-state index is 11.8. The standard InChI is InChI=1S/C11H11N5O2/c1-12-11(18)9-8(6-14-16-9)15-10(17)7-4-2-3-5-13-7/h2-6H,1H3,(H,12,18)(H,14,16)(H,15,17). The van der Waals surface area contributed by atoms with E-state index in [1.54, 1.807) is 18.2 Å². The zero-order valence-corrected chi connectivity index (χ0v) is 9.60. The molecule has 2 amide bonds. The second kappa shape index (κ2) is 5.09. The number of nitrogens with zero attached hydrogens (tertiary/aromatic N) is 2. The Hall–Kier alpha value is -2.70. The van der Waals surface area contributed by atoms with Gasteiger partial charge >= 0.3 is 0 Å². The van der Waals surface area contributed by atoms with Crippen LogP contribution in [-0.2, 0) is 0 Å². The largest absolute Gasteiger partial charge is 0.354 e. The van der Waals surface area contributed by atoms with Crippen LogP contribution >= 0.6 is 0 Å². The Morgan fingerprint density at radius 3 is 2.78 bits per heavy atom. The molecule has 0 aliphatic carbocycles. The number of amides is 2. The number of pyridine rings is 1. The molecular weight excluding hydrogens is 234 g/mol. The van der Waals surface area contributed by atoms with Gasteiger partial charge in [0.2, 0.25) is 0 Å². The Balaban J connectivity index is 2.18. The highest BCUT2D eigenvalue weighted by Gasteiger charge is 2.15. The Labute approximate surface area is 103 Å². The maximum absolute atomic E-state index is 11.8. The number of aromatic nitrogens is 3. The van der Waals surface area contributed by atoms with Gasteiger partial charge in [-0.15, -0.1) is 0 Å². The highest BCUT2D eigenvalue weighted by atomic mass is 16.2. The van der Waals surface area contributed by atoms with E-state index in [9.17, 15) is 9.59 Å². The van der Waals surface area contributed by atoms with Crippen LogP contribution in [0.4, 0.5) is 5.69 Å². The van der Waals surface area contributed by atoms with Gasteiger partial charge in [0.25, 0.3) is 11.8 Å². The number of aromatic amines is 1. The highest BCUT2D eigenvalue weighted by molar-refractivity contribution is 6.07. The molecule has 0 radical (unpaired) electrons. The first kappa shape index (κ1) is 11.8. The van der Waals surface area contributed by atoms with Gasteiger partial charge in [-0.05, 0) is 12.1 Å². The van der Waals surface area contributed by atoms with Crippen molar-refractivity contribution in [1.82, 2.24) is 20.5 Å². The highest BCUT2D eigenvalue weighted by Crippen LogP contribution is 2.12. The molecule has 0 unspecified atom stereocenters. The summed E-state index contributed by atoms with van der Waals surface area (Å²) in [7, 11) is 1.49. The summed E-state index contributed by atoms with van der Waals surface area (Å²) in [6, 6.07) is 5.00. The number of nitrogens with one attached hydrogen (secondary N) is 3. The van der Waals surface area contributed by atoms with Crippen molar-refractivity contribution in [2.45, 2.75) is 0 Å². The molecule has 0 fully saturated rings. The van der Waals surface area contributed by atoms with Gasteiger partial charge in [0, 0.05) is 13.2 Å². The molecule has 0 spiro atoms. The van der Waals surface area contributed by atoms with Crippen molar-refractivity contribution in [3.05, 3.63) is 42.0 Å². The lowest BCUT2D eigenvalue weighted by atomic mass is 10.3. The predicted molar refractivity (Wildman–Crippen MR) is 64.2 cm³/mol. The number of hydrogen-bond acceptors (Lipinski definition) is 4. The van der Waals surface area contributed by atoms with Crippen molar-refractivity contribution in [2.75, 3.05) is 12.4 Å². The summed E-state index contributed by atoms with van der Waals surface area (Å²) in [5.74, 6) is -0.758. The SMILES string of the molecule is CNC(=O)c1[nH]ncc1NC(=O)c1ccccn1. The smallest absolute Gasteiger partial charge is 0.274 e. The number of carbonyl (C=O) groups excluding carboxylic acids is 2. The summed E-state index contributed by atoms with van der Waals surface area (Å²) in [6.45, 7) is 0. The molecule has 0 aliphatic rings. The van der Waals surface area contributed by atoms with E-state index in [4.69, 9.17) is 0 Å². The van der Waals surface area contributed by atoms with Crippen molar-refractivity contribution < 1.29 is 9.59 Å². The monoisotopic (exact) mass is 245 g/mol. The van der Waals surface area contributed by atoms with Crippen LogP contribution in [0.3, 0.4) is 0 Å². The summed E-state index contributed by atoms with van der Waals surface area (Å²) < 4.78 is 0. The van der Waals surface area contributed by atoms with Crippen LogP contribution < -0.4 is 10.6 Å². The molecule has 2 heterocycles. The topological polar surface area (TPSA) is 99.8 Å². The molecule has 0 atom stereocenters. The molecule has 0 aliphatic heterocycles. The quantitative estimate of drug-likeness (QED) is 0.729. The molecule has 3 N–H and O–H groups in total. The van der Waals surface area contributed by atoms with Gasteiger partial charge in [-0.2, -0.15) is 5.10 Å². The van der Waals surface area contributed by atoms with Gasteiger partial charge in [0.05, 0.1) is 11.9 Å². The number of hydrogen-bond donors (Lipinski definition) is 3. The van der Waals surface area contributed by atoms with Gasteiger partial charge in [-0.25, -0.2) is 0 Å². The predicted octanol–water partition coefficient (Wildman–Crippen LogP) is 0.417. The zero-order valence-electron chi connectivity index (χ0n) is 9.60. The van der Waals surface area contributed by atoms with E-state index < -0.39 is 5.91 Å². The first-order valence-corrected chi connectivity index (χ1v) is 5.20. The van der Waals surface area contributed by atoms with Gasteiger partial charge in [-0.1, -0.05) is 6.07 Å². The van der Waals surface area contributed by atoms with Crippen molar-refractivity contribution in [3.63, 3.8) is 0 Å². The third-order valence-electron chi connectivity index (χ3n) is 2.24. The minimum absolute atomic E-state index is 0.196. The molecule has 2 aromatic rings. The molecule has 92 valence electrons. The van der Waals surface area contributed by atoms with Crippen molar-refractivity contribution in [3.8, 4) is 0 Å². The summed E-state index contributed by atoms with van der Waals surface area (Å²) in [4.78, 5) is 27.2. The van der Waals surface area contributed by atoms with E-state index in [-0.39, 0.29) is 17.3 Å². The summed E-state index contributed by atoms with van der Waals surface area (Å²) in [5, 5.41) is 11.2. The lowest BCUT2D eigenvalue weighted by Crippen LogP contribution is -2.21. The van der Waals surface area contributed by atoms with Crippen LogP contribution in [0.25, 0.3) is 0 Å². The number of carbonyl (C=O) groups is 2. The summed E-state index contributed by atoms with van der Waals surface area (Å²) in [5.41, 5.74) is 0.772. The summed E-state index contributed by atoms with van der Waals surface area (Å²) in [6.07, 6.45) is 2.88. The van der Waals surface area contributed by atoms with Crippen molar-refractivity contribution in [2.24, 2.45) is 0 Å². The van der Waals surface area contributed by atoms with Crippen molar-refractivity contribution >= 4 is 17.5 Å². The fourth-order valence-corrected chi connectivity index (χ4v) is 1.36. The molecule has 7 heteroatoms. The van der Waals surface area contributed by atoms with Crippen LogP contribution in [0, 0.1) is 0 Å². The van der Waals surface area contributed by atoms with E-state index in [1.165, 1.54) is 19.4 Å². The Morgan fingerprint density at radius 1 is 1.28 bits per heavy atom. The Morgan fingerprint density at radius 2 is 2.11 bits per heavy atom. The normalized spacial score (nSPS) is 9.83. The van der Waals surface area contributed by atoms with E-state index in [0.29, 0.717) is 5.69 Å². The zero-order chi connectivity index (χ0) is 13.0. The van der Waals surface area contributed by atoms with Gasteiger partial charge in [0.15, 0.2) is 0 Å². The number of H-pyrrole nitrogens is 1. The molecule has 2 rings (SSSR count). The fourth-order valence-electron chi connectivity index (χ4n) is 1.36. The fraction of sp³-hybridized carbons (Fsp3) is 0.0909. The molecule has 18 heavy (non-hydrogen) atoms. The third kappa shape index (κ3) is 2.34. The maximum Gasteiger partial charge on any atom is 0.274 e. The van der Waals surface area contributed by atoms with Crippen LogP contribution in [-0.4, -0.2) is 34.0 Å². The van der Waals surface area contributed by atoms with Gasteiger partial charge in [-0.3, -0.25) is 19.7 Å². The molecule has 0 aromatic carbocycles. The van der Waals surface area contributed by atoms with Gasteiger partial charge in [0.1, 0.15) is 11.4 Å². The van der Waals surface area contributed by atoms with E-state index >= 15 is 0 Å². The van der Waals surface area contributed by atoms with Gasteiger partial charge < -0.3 is 10.6 Å². The van der Waals surface area contributed by atoms with Crippen molar-refractivity contribution in [1.29, 1.82) is 0 Å². The third-order valence-corrected chi connectivity index (χ3v) is 2.24. The van der Waals surface area contributed by atoms with E-state index in [2.05, 4.69) is 25.8 Å². The first-order valence-electron chi connectivity index (χ1n) is 5.20. The van der Waals surface area contributed by atoms with E-state index in [1.807, 2.05) is 0 Å². The molecule has 0 saturated carbocycles. The lowest BCUT2D eigenvalue weighted by molar-refractivity contribution is 0.0959. The number of rotatable bonds is 3. The molecule has 7 nitrogen and oxygen atoms in total. The lowest BCUT2D eigenvalue weighted by Gasteiger charge is -2.04. The molecule has 0 saturated heterocycles. The first-order chi connectivity index (χ1) is 8.72. The molecular formula is C11H11N5O2. The minimum atomic E-state index is -0.401. The second-order valence-corrected chi connectivity index (χ2v) is 3.41.